The number of hydrogen-bond acceptors (Lipinski definition) is 4. The van der Waals surface area contributed by atoms with Gasteiger partial charge in [-0.1, -0.05) is 46.3 Å². The number of halogens is 1. The predicted octanol–water partition coefficient (Wildman–Crippen LogP) is 2.57. The lowest BCUT2D eigenvalue weighted by Gasteiger charge is -2.22. The van der Waals surface area contributed by atoms with Gasteiger partial charge >= 0.3 is 0 Å². The van der Waals surface area contributed by atoms with Crippen molar-refractivity contribution in [2.75, 3.05) is 25.1 Å². The van der Waals surface area contributed by atoms with Gasteiger partial charge in [0.15, 0.2) is 6.54 Å². The maximum absolute atomic E-state index is 12.3. The van der Waals surface area contributed by atoms with E-state index in [0.29, 0.717) is 12.5 Å². The van der Waals surface area contributed by atoms with Crippen molar-refractivity contribution in [1.82, 2.24) is 15.4 Å². The summed E-state index contributed by atoms with van der Waals surface area (Å²) in [5, 5.41) is 0.954. The number of aromatic nitrogens is 2. The van der Waals surface area contributed by atoms with Crippen LogP contribution in [0.2, 0.25) is 0 Å². The lowest BCUT2D eigenvalue weighted by atomic mass is 10.1. The number of nitrogens with one attached hydrogen (secondary N) is 3. The Bertz CT molecular complexity index is 973. The maximum atomic E-state index is 12.3. The number of rotatable bonds is 5. The van der Waals surface area contributed by atoms with E-state index < -0.39 is 0 Å². The Morgan fingerprint density at radius 3 is 2.61 bits per heavy atom. The largest absolute Gasteiger partial charge is 0.327 e. The molecule has 0 aliphatic carbocycles. The first-order chi connectivity index (χ1) is 13.7. The minimum Gasteiger partial charge on any atom is -0.327 e. The fourth-order valence-corrected chi connectivity index (χ4v) is 3.96. The number of carbonyl (C=O) groups is 1. The summed E-state index contributed by atoms with van der Waals surface area (Å²) in [5.74, 6) is 0.341. The van der Waals surface area contributed by atoms with E-state index in [4.69, 9.17) is 0 Å². The van der Waals surface area contributed by atoms with Crippen molar-refractivity contribution >= 4 is 38.7 Å². The van der Waals surface area contributed by atoms with E-state index >= 15 is 0 Å². The van der Waals surface area contributed by atoms with E-state index in [-0.39, 0.29) is 5.91 Å². The molecular formula is C21H23BrN5O+. The number of quaternary nitrogens is 1. The Hall–Kier alpha value is -2.51. The van der Waals surface area contributed by atoms with Gasteiger partial charge in [-0.3, -0.25) is 15.6 Å². The third-order valence-corrected chi connectivity index (χ3v) is 5.48. The van der Waals surface area contributed by atoms with E-state index in [1.165, 1.54) is 24.2 Å². The van der Waals surface area contributed by atoms with Crippen LogP contribution in [0.3, 0.4) is 0 Å². The number of fused-ring (bicyclic) bond motifs is 1. The smallest absolute Gasteiger partial charge is 0.293 e. The Balaban J connectivity index is 1.55. The average Bonchev–Trinajstić information content (AvgIpc) is 2.73. The molecule has 28 heavy (non-hydrogen) atoms. The summed E-state index contributed by atoms with van der Waals surface area (Å²) in [6, 6.07) is 15.9. The van der Waals surface area contributed by atoms with Gasteiger partial charge in [-0.15, -0.1) is 0 Å². The molecule has 0 spiro atoms. The van der Waals surface area contributed by atoms with Gasteiger partial charge in [-0.05, 0) is 37.5 Å². The number of carbonyl (C=O) groups excluding carboxylic acids is 1. The zero-order valence-electron chi connectivity index (χ0n) is 15.5. The standard InChI is InChI=1S/C21H22BrN5O/c22-16-9-10-18-17(13-16)20(15-7-3-1-4-8-15)24-21(23-18)26-25-19(28)14-27-11-5-2-6-12-27/h1,3-4,7-10,13H,2,5-6,11-12,14H2,(H,25,28)(H,23,24,26)/p+1. The molecule has 2 heterocycles. The molecule has 4 rings (SSSR count). The first kappa shape index (κ1) is 18.8. The summed E-state index contributed by atoms with van der Waals surface area (Å²) in [7, 11) is 0. The van der Waals surface area contributed by atoms with Gasteiger partial charge in [-0.2, -0.15) is 0 Å². The number of benzene rings is 2. The molecular weight excluding hydrogens is 418 g/mol. The third kappa shape index (κ3) is 4.48. The lowest BCUT2D eigenvalue weighted by Crippen LogP contribution is -3.14. The fraction of sp³-hybridized carbons (Fsp3) is 0.286. The number of likely N-dealkylation sites (tertiary alicyclic amines) is 1. The van der Waals surface area contributed by atoms with Crippen molar-refractivity contribution in [3.63, 3.8) is 0 Å². The van der Waals surface area contributed by atoms with Crippen LogP contribution in [-0.2, 0) is 4.79 Å². The highest BCUT2D eigenvalue weighted by Crippen LogP contribution is 2.29. The van der Waals surface area contributed by atoms with Crippen LogP contribution in [0, 0.1) is 0 Å². The summed E-state index contributed by atoms with van der Waals surface area (Å²) in [6.45, 7) is 2.60. The van der Waals surface area contributed by atoms with Crippen LogP contribution in [0.25, 0.3) is 22.2 Å². The second kappa shape index (κ2) is 8.67. The molecule has 0 saturated carbocycles. The molecule has 6 nitrogen and oxygen atoms in total. The SMILES string of the molecule is O=C(C[NH+]1CCCCC1)NNc1nc(-c2ccccc2)c2cc(Br)ccc2n1. The molecule has 1 amide bonds. The Morgan fingerprint density at radius 1 is 1.04 bits per heavy atom. The molecule has 3 aromatic rings. The van der Waals surface area contributed by atoms with Gasteiger partial charge in [-0.25, -0.2) is 9.97 Å². The summed E-state index contributed by atoms with van der Waals surface area (Å²) in [6.07, 6.45) is 3.66. The molecule has 0 atom stereocenters. The number of hydrogen-bond donors (Lipinski definition) is 3. The monoisotopic (exact) mass is 440 g/mol. The van der Waals surface area contributed by atoms with Crippen LogP contribution in [-0.4, -0.2) is 35.5 Å². The van der Waals surface area contributed by atoms with Crippen molar-refractivity contribution in [3.05, 3.63) is 53.0 Å². The molecule has 0 unspecified atom stereocenters. The van der Waals surface area contributed by atoms with Gasteiger partial charge in [0.05, 0.1) is 24.3 Å². The minimum absolute atomic E-state index is 0.0438. The van der Waals surface area contributed by atoms with Crippen molar-refractivity contribution in [1.29, 1.82) is 0 Å². The van der Waals surface area contributed by atoms with Crippen LogP contribution in [0.4, 0.5) is 5.95 Å². The molecule has 1 fully saturated rings. The number of nitrogens with zero attached hydrogens (tertiary/aromatic N) is 2. The van der Waals surface area contributed by atoms with E-state index in [1.807, 2.05) is 48.5 Å². The average molecular weight is 441 g/mol. The number of piperidine rings is 1. The number of amides is 1. The van der Waals surface area contributed by atoms with Gasteiger partial charge < -0.3 is 4.90 Å². The maximum Gasteiger partial charge on any atom is 0.293 e. The van der Waals surface area contributed by atoms with Crippen molar-refractivity contribution in [2.45, 2.75) is 19.3 Å². The van der Waals surface area contributed by atoms with Crippen molar-refractivity contribution in [2.24, 2.45) is 0 Å². The zero-order chi connectivity index (χ0) is 19.3. The van der Waals surface area contributed by atoms with Crippen molar-refractivity contribution < 1.29 is 9.69 Å². The molecule has 1 aromatic heterocycles. The van der Waals surface area contributed by atoms with Gasteiger partial charge in [0.1, 0.15) is 0 Å². The van der Waals surface area contributed by atoms with Crippen LogP contribution in [0.5, 0.6) is 0 Å². The highest BCUT2D eigenvalue weighted by atomic mass is 79.9. The van der Waals surface area contributed by atoms with E-state index in [9.17, 15) is 4.79 Å². The first-order valence-corrected chi connectivity index (χ1v) is 10.4. The summed E-state index contributed by atoms with van der Waals surface area (Å²) in [4.78, 5) is 22.8. The Kier molecular flexibility index (Phi) is 5.83. The first-order valence-electron chi connectivity index (χ1n) is 9.60. The minimum atomic E-state index is -0.0438. The summed E-state index contributed by atoms with van der Waals surface area (Å²) in [5.41, 5.74) is 8.30. The van der Waals surface area contributed by atoms with E-state index in [2.05, 4.69) is 36.7 Å². The quantitative estimate of drug-likeness (QED) is 0.533. The zero-order valence-corrected chi connectivity index (χ0v) is 17.1. The molecule has 7 heteroatoms. The topological polar surface area (TPSA) is 71.3 Å². The summed E-state index contributed by atoms with van der Waals surface area (Å²) >= 11 is 3.52. The highest BCUT2D eigenvalue weighted by Gasteiger charge is 2.17. The van der Waals surface area contributed by atoms with E-state index in [0.717, 1.165) is 39.7 Å². The second-order valence-corrected chi connectivity index (χ2v) is 8.00. The molecule has 1 saturated heterocycles. The molecule has 1 aliphatic heterocycles. The van der Waals surface area contributed by atoms with Crippen LogP contribution in [0.15, 0.2) is 53.0 Å². The third-order valence-electron chi connectivity index (χ3n) is 4.99. The van der Waals surface area contributed by atoms with Crippen LogP contribution < -0.4 is 15.8 Å². The molecule has 0 radical (unpaired) electrons. The normalized spacial score (nSPS) is 14.8. The molecule has 3 N–H and O–H groups in total. The molecule has 2 aromatic carbocycles. The number of anilines is 1. The lowest BCUT2D eigenvalue weighted by molar-refractivity contribution is -0.896. The predicted molar refractivity (Wildman–Crippen MR) is 114 cm³/mol. The number of hydrazine groups is 1. The van der Waals surface area contributed by atoms with Gasteiger partial charge in [0.25, 0.3) is 5.91 Å². The highest BCUT2D eigenvalue weighted by molar-refractivity contribution is 9.10. The Labute approximate surface area is 172 Å². The van der Waals surface area contributed by atoms with Gasteiger partial charge in [0, 0.05) is 15.4 Å². The van der Waals surface area contributed by atoms with Crippen molar-refractivity contribution in [3.8, 4) is 11.3 Å². The van der Waals surface area contributed by atoms with Crippen LogP contribution >= 0.6 is 15.9 Å². The second-order valence-electron chi connectivity index (χ2n) is 7.08. The molecule has 1 aliphatic rings. The fourth-order valence-electron chi connectivity index (χ4n) is 3.60. The molecule has 144 valence electrons. The van der Waals surface area contributed by atoms with E-state index in [1.54, 1.807) is 0 Å². The van der Waals surface area contributed by atoms with Crippen LogP contribution in [0.1, 0.15) is 19.3 Å². The van der Waals surface area contributed by atoms with Gasteiger partial charge in [0.2, 0.25) is 5.95 Å². The Morgan fingerprint density at radius 2 is 1.82 bits per heavy atom. The molecule has 0 bridgehead atoms. The summed E-state index contributed by atoms with van der Waals surface area (Å²) < 4.78 is 0.972.